The van der Waals surface area contributed by atoms with Gasteiger partial charge in [-0.15, -0.1) is 0 Å². The van der Waals surface area contributed by atoms with E-state index in [1.807, 2.05) is 30.0 Å². The summed E-state index contributed by atoms with van der Waals surface area (Å²) < 4.78 is 0. The molecule has 1 aliphatic rings. The van der Waals surface area contributed by atoms with E-state index in [1.165, 1.54) is 5.56 Å². The molecule has 0 bridgehead atoms. The summed E-state index contributed by atoms with van der Waals surface area (Å²) in [7, 11) is 0. The minimum absolute atomic E-state index is 0.0802. The van der Waals surface area contributed by atoms with Gasteiger partial charge in [-0.2, -0.15) is 11.3 Å². The number of aromatic nitrogens is 1. The summed E-state index contributed by atoms with van der Waals surface area (Å²) in [5, 5.41) is 4.29. The van der Waals surface area contributed by atoms with Crippen molar-refractivity contribution in [3.63, 3.8) is 0 Å². The number of H-pyrrole nitrogens is 1. The number of aromatic amines is 1. The number of thiophene rings is 1. The standard InChI is InChI=1S/C18H20N2OS/c1-3-5-13-10-17(19-16(13)4-2)18(21)20-8-6-14(11-20)15-7-9-22-12-15/h3-5,7,9-10,12,14,19H,2,6,8,11H2,1H3/b5-3-. The fraction of sp³-hybridized carbons (Fsp3) is 0.278. The molecule has 0 aliphatic carbocycles. The Kier molecular flexibility index (Phi) is 4.29. The molecule has 3 heterocycles. The molecule has 3 nitrogen and oxygen atoms in total. The highest BCUT2D eigenvalue weighted by atomic mass is 32.1. The van der Waals surface area contributed by atoms with Crippen molar-refractivity contribution >= 4 is 29.4 Å². The van der Waals surface area contributed by atoms with Crippen LogP contribution in [-0.4, -0.2) is 28.9 Å². The second-order valence-electron chi connectivity index (χ2n) is 5.55. The first kappa shape index (κ1) is 14.9. The van der Waals surface area contributed by atoms with E-state index in [0.717, 1.165) is 30.8 Å². The van der Waals surface area contributed by atoms with Crippen LogP contribution in [0.1, 0.15) is 46.6 Å². The third-order valence-corrected chi connectivity index (χ3v) is 4.85. The number of likely N-dealkylation sites (tertiary alicyclic amines) is 1. The second kappa shape index (κ2) is 6.36. The number of allylic oxidation sites excluding steroid dienone is 1. The largest absolute Gasteiger partial charge is 0.351 e. The van der Waals surface area contributed by atoms with E-state index in [2.05, 4.69) is 28.4 Å². The molecule has 3 rings (SSSR count). The van der Waals surface area contributed by atoms with E-state index >= 15 is 0 Å². The van der Waals surface area contributed by atoms with Crippen LogP contribution in [-0.2, 0) is 0 Å². The lowest BCUT2D eigenvalue weighted by Crippen LogP contribution is -2.28. The van der Waals surface area contributed by atoms with Gasteiger partial charge in [0.15, 0.2) is 0 Å². The van der Waals surface area contributed by atoms with Crippen LogP contribution >= 0.6 is 11.3 Å². The van der Waals surface area contributed by atoms with Crippen molar-refractivity contribution in [2.45, 2.75) is 19.3 Å². The summed E-state index contributed by atoms with van der Waals surface area (Å²) in [6.45, 7) is 7.39. The number of carbonyl (C=O) groups is 1. The third kappa shape index (κ3) is 2.79. The minimum atomic E-state index is 0.0802. The molecule has 22 heavy (non-hydrogen) atoms. The fourth-order valence-corrected chi connectivity index (χ4v) is 3.72. The van der Waals surface area contributed by atoms with Crippen molar-refractivity contribution in [2.24, 2.45) is 0 Å². The average Bonchev–Trinajstić information content (AvgIpc) is 3.26. The SMILES string of the molecule is C=Cc1[nH]c(C(=O)N2CCC(c3ccsc3)C2)cc1/C=C\C. The first-order chi connectivity index (χ1) is 10.7. The summed E-state index contributed by atoms with van der Waals surface area (Å²) in [5.74, 6) is 0.552. The zero-order valence-electron chi connectivity index (χ0n) is 12.7. The number of rotatable bonds is 4. The zero-order valence-corrected chi connectivity index (χ0v) is 13.5. The van der Waals surface area contributed by atoms with Gasteiger partial charge in [0.1, 0.15) is 5.69 Å². The van der Waals surface area contributed by atoms with Gasteiger partial charge < -0.3 is 9.88 Å². The molecule has 1 N–H and O–H groups in total. The lowest BCUT2D eigenvalue weighted by molar-refractivity contribution is 0.0785. The minimum Gasteiger partial charge on any atom is -0.351 e. The highest BCUT2D eigenvalue weighted by Crippen LogP contribution is 2.29. The molecule has 0 saturated carbocycles. The zero-order chi connectivity index (χ0) is 15.5. The normalized spacial score (nSPS) is 18.2. The predicted molar refractivity (Wildman–Crippen MR) is 93.2 cm³/mol. The predicted octanol–water partition coefficient (Wildman–Crippen LogP) is 4.38. The Morgan fingerprint density at radius 2 is 2.41 bits per heavy atom. The van der Waals surface area contributed by atoms with Crippen LogP contribution in [0, 0.1) is 0 Å². The molecular formula is C18H20N2OS. The number of hydrogen-bond acceptors (Lipinski definition) is 2. The molecule has 2 aromatic heterocycles. The molecule has 114 valence electrons. The van der Waals surface area contributed by atoms with Crippen LogP contribution in [0.4, 0.5) is 0 Å². The topological polar surface area (TPSA) is 36.1 Å². The molecule has 1 aliphatic heterocycles. The molecule has 1 atom stereocenters. The smallest absolute Gasteiger partial charge is 0.270 e. The summed E-state index contributed by atoms with van der Waals surface area (Å²) in [4.78, 5) is 17.8. The Bertz CT molecular complexity index is 697. The molecular weight excluding hydrogens is 292 g/mol. The maximum Gasteiger partial charge on any atom is 0.270 e. The molecule has 0 radical (unpaired) electrons. The molecule has 0 aromatic carbocycles. The number of amides is 1. The summed E-state index contributed by atoms with van der Waals surface area (Å²) >= 11 is 1.72. The second-order valence-corrected chi connectivity index (χ2v) is 6.33. The van der Waals surface area contributed by atoms with E-state index < -0.39 is 0 Å². The van der Waals surface area contributed by atoms with Gasteiger partial charge in [0, 0.05) is 24.7 Å². The van der Waals surface area contributed by atoms with Gasteiger partial charge in [-0.25, -0.2) is 0 Å². The molecule has 2 aromatic rings. The average molecular weight is 312 g/mol. The Morgan fingerprint density at radius 3 is 3.09 bits per heavy atom. The Morgan fingerprint density at radius 1 is 1.55 bits per heavy atom. The monoisotopic (exact) mass is 312 g/mol. The fourth-order valence-electron chi connectivity index (χ4n) is 2.98. The molecule has 1 unspecified atom stereocenters. The summed E-state index contributed by atoms with van der Waals surface area (Å²) in [6.07, 6.45) is 6.75. The highest BCUT2D eigenvalue weighted by Gasteiger charge is 2.29. The van der Waals surface area contributed by atoms with E-state index in [4.69, 9.17) is 0 Å². The van der Waals surface area contributed by atoms with E-state index in [9.17, 15) is 4.79 Å². The first-order valence-electron chi connectivity index (χ1n) is 7.52. The van der Waals surface area contributed by atoms with Crippen molar-refractivity contribution in [3.05, 3.63) is 58.1 Å². The summed E-state index contributed by atoms with van der Waals surface area (Å²) in [6, 6.07) is 4.08. The lowest BCUT2D eigenvalue weighted by atomic mass is 10.0. The maximum absolute atomic E-state index is 12.7. The summed E-state index contributed by atoms with van der Waals surface area (Å²) in [5.41, 5.74) is 3.91. The first-order valence-corrected chi connectivity index (χ1v) is 8.46. The number of hydrogen-bond donors (Lipinski definition) is 1. The molecule has 4 heteroatoms. The van der Waals surface area contributed by atoms with Crippen LogP contribution in [0.5, 0.6) is 0 Å². The van der Waals surface area contributed by atoms with Crippen LogP contribution in [0.3, 0.4) is 0 Å². The van der Waals surface area contributed by atoms with Gasteiger partial charge in [-0.3, -0.25) is 4.79 Å². The van der Waals surface area contributed by atoms with Crippen LogP contribution < -0.4 is 0 Å². The lowest BCUT2D eigenvalue weighted by Gasteiger charge is -2.15. The molecule has 1 fully saturated rings. The number of nitrogens with zero attached hydrogens (tertiary/aromatic N) is 1. The van der Waals surface area contributed by atoms with Crippen LogP contribution in [0.15, 0.2) is 35.5 Å². The van der Waals surface area contributed by atoms with E-state index in [1.54, 1.807) is 17.4 Å². The van der Waals surface area contributed by atoms with Gasteiger partial charge in [0.2, 0.25) is 0 Å². The Balaban J connectivity index is 1.76. The molecule has 1 saturated heterocycles. The van der Waals surface area contributed by atoms with Crippen molar-refractivity contribution in [3.8, 4) is 0 Å². The molecule has 1 amide bonds. The van der Waals surface area contributed by atoms with Gasteiger partial charge in [0.05, 0.1) is 0 Å². The third-order valence-electron chi connectivity index (χ3n) is 4.15. The van der Waals surface area contributed by atoms with Crippen LogP contribution in [0.2, 0.25) is 0 Å². The highest BCUT2D eigenvalue weighted by molar-refractivity contribution is 7.08. The van der Waals surface area contributed by atoms with Crippen molar-refractivity contribution < 1.29 is 4.79 Å². The Labute approximate surface area is 135 Å². The maximum atomic E-state index is 12.7. The molecule has 0 spiro atoms. The Hall–Kier alpha value is -2.07. The van der Waals surface area contributed by atoms with Gasteiger partial charge in [-0.1, -0.05) is 18.7 Å². The van der Waals surface area contributed by atoms with Gasteiger partial charge in [-0.05, 0) is 53.4 Å². The van der Waals surface area contributed by atoms with Crippen molar-refractivity contribution in [1.82, 2.24) is 9.88 Å². The number of carbonyl (C=O) groups excluding carboxylic acids is 1. The van der Waals surface area contributed by atoms with Crippen molar-refractivity contribution in [2.75, 3.05) is 13.1 Å². The van der Waals surface area contributed by atoms with Crippen molar-refractivity contribution in [1.29, 1.82) is 0 Å². The van der Waals surface area contributed by atoms with Crippen LogP contribution in [0.25, 0.3) is 12.2 Å². The van der Waals surface area contributed by atoms with Gasteiger partial charge >= 0.3 is 0 Å². The quantitative estimate of drug-likeness (QED) is 0.893. The van der Waals surface area contributed by atoms with E-state index in [-0.39, 0.29) is 5.91 Å². The van der Waals surface area contributed by atoms with Gasteiger partial charge in [0.25, 0.3) is 5.91 Å². The van der Waals surface area contributed by atoms with E-state index in [0.29, 0.717) is 11.6 Å². The number of nitrogens with one attached hydrogen (secondary N) is 1.